The van der Waals surface area contributed by atoms with Gasteiger partial charge in [-0.25, -0.2) is 8.42 Å². The molecule has 2 amide bonds. The number of benzene rings is 2. The number of ether oxygens (including phenoxy) is 1. The van der Waals surface area contributed by atoms with E-state index in [-0.39, 0.29) is 12.5 Å². The number of hydrogen-bond acceptors (Lipinski definition) is 5. The first kappa shape index (κ1) is 27.7. The number of aryl methyl sites for hydroxylation is 1. The molecule has 10 heteroatoms. The number of anilines is 1. The second-order valence-electron chi connectivity index (χ2n) is 8.04. The van der Waals surface area contributed by atoms with Gasteiger partial charge in [-0.1, -0.05) is 35.0 Å². The average molecular weight is 555 g/mol. The van der Waals surface area contributed by atoms with Crippen molar-refractivity contribution in [2.75, 3.05) is 30.8 Å². The van der Waals surface area contributed by atoms with E-state index in [4.69, 9.17) is 4.74 Å². The summed E-state index contributed by atoms with van der Waals surface area (Å²) in [6.07, 6.45) is 1.81. The summed E-state index contributed by atoms with van der Waals surface area (Å²) in [5.74, 6) is -0.174. The van der Waals surface area contributed by atoms with Crippen LogP contribution in [0.25, 0.3) is 0 Å². The zero-order valence-electron chi connectivity index (χ0n) is 20.2. The standard InChI is InChI=1S/C24H32BrN3O5S/c1-6-12-26-24(30)18(3)27(15-19-8-7-9-21(14-19)33-4)23(29)16-28(34(5,31)32)20-10-11-22(25)17(2)13-20/h7-11,13-14,18H,6,12,15-16H2,1-5H3,(H,26,30)/t18-/m0/s1. The van der Waals surface area contributed by atoms with E-state index in [2.05, 4.69) is 21.2 Å². The zero-order chi connectivity index (χ0) is 25.5. The van der Waals surface area contributed by atoms with Crippen molar-refractivity contribution in [2.24, 2.45) is 0 Å². The number of carbonyl (C=O) groups excluding carboxylic acids is 2. The fourth-order valence-electron chi connectivity index (χ4n) is 3.34. The number of nitrogens with zero attached hydrogens (tertiary/aromatic N) is 2. The molecule has 8 nitrogen and oxygen atoms in total. The van der Waals surface area contributed by atoms with Crippen molar-refractivity contribution in [1.29, 1.82) is 0 Å². The van der Waals surface area contributed by atoms with Crippen LogP contribution in [0, 0.1) is 6.92 Å². The van der Waals surface area contributed by atoms with E-state index in [0.29, 0.717) is 18.0 Å². The Kier molecular flexibility index (Phi) is 9.93. The van der Waals surface area contributed by atoms with Crippen molar-refractivity contribution in [1.82, 2.24) is 10.2 Å². The first-order chi connectivity index (χ1) is 16.0. The van der Waals surface area contributed by atoms with E-state index < -0.39 is 28.5 Å². The van der Waals surface area contributed by atoms with E-state index in [1.54, 1.807) is 50.4 Å². The number of halogens is 1. The Morgan fingerprint density at radius 1 is 1.18 bits per heavy atom. The molecule has 34 heavy (non-hydrogen) atoms. The Bertz CT molecular complexity index is 1120. The number of sulfonamides is 1. The van der Waals surface area contributed by atoms with Gasteiger partial charge in [-0.15, -0.1) is 0 Å². The predicted octanol–water partition coefficient (Wildman–Crippen LogP) is 3.48. The maximum Gasteiger partial charge on any atom is 0.244 e. The van der Waals surface area contributed by atoms with Gasteiger partial charge in [0.1, 0.15) is 18.3 Å². The Morgan fingerprint density at radius 3 is 2.47 bits per heavy atom. The molecule has 1 N–H and O–H groups in total. The molecule has 186 valence electrons. The second kappa shape index (κ2) is 12.2. The van der Waals surface area contributed by atoms with Crippen LogP contribution in [0.4, 0.5) is 5.69 Å². The van der Waals surface area contributed by atoms with Gasteiger partial charge in [0.25, 0.3) is 0 Å². The molecule has 2 aromatic rings. The van der Waals surface area contributed by atoms with E-state index in [9.17, 15) is 18.0 Å². The van der Waals surface area contributed by atoms with Crippen molar-refractivity contribution in [3.8, 4) is 5.75 Å². The molecule has 2 rings (SSSR count). The lowest BCUT2D eigenvalue weighted by Crippen LogP contribution is -2.51. The van der Waals surface area contributed by atoms with Crippen LogP contribution in [0.3, 0.4) is 0 Å². The minimum atomic E-state index is -3.77. The summed E-state index contributed by atoms with van der Waals surface area (Å²) in [6, 6.07) is 11.5. The molecule has 0 saturated heterocycles. The van der Waals surface area contributed by atoms with E-state index in [0.717, 1.165) is 32.6 Å². The van der Waals surface area contributed by atoms with Crippen molar-refractivity contribution in [3.63, 3.8) is 0 Å². The highest BCUT2D eigenvalue weighted by Crippen LogP contribution is 2.25. The van der Waals surface area contributed by atoms with Gasteiger partial charge in [0.15, 0.2) is 0 Å². The lowest BCUT2D eigenvalue weighted by molar-refractivity contribution is -0.139. The third-order valence-corrected chi connectivity index (χ3v) is 7.34. The molecule has 0 aliphatic rings. The highest BCUT2D eigenvalue weighted by atomic mass is 79.9. The molecule has 0 aromatic heterocycles. The average Bonchev–Trinajstić information content (AvgIpc) is 2.80. The number of hydrogen-bond donors (Lipinski definition) is 1. The van der Waals surface area contributed by atoms with Gasteiger partial charge >= 0.3 is 0 Å². The third kappa shape index (κ3) is 7.46. The fraction of sp³-hybridized carbons (Fsp3) is 0.417. The molecule has 0 unspecified atom stereocenters. The van der Waals surface area contributed by atoms with E-state index in [1.807, 2.05) is 19.9 Å². The fourth-order valence-corrected chi connectivity index (χ4v) is 4.43. The van der Waals surface area contributed by atoms with Gasteiger partial charge in [-0.2, -0.15) is 0 Å². The van der Waals surface area contributed by atoms with Gasteiger partial charge in [0, 0.05) is 17.6 Å². The smallest absolute Gasteiger partial charge is 0.244 e. The number of nitrogens with one attached hydrogen (secondary N) is 1. The first-order valence-corrected chi connectivity index (χ1v) is 13.6. The van der Waals surface area contributed by atoms with Crippen LogP contribution >= 0.6 is 15.9 Å². The van der Waals surface area contributed by atoms with Crippen molar-refractivity contribution in [2.45, 2.75) is 39.8 Å². The third-order valence-electron chi connectivity index (χ3n) is 5.31. The summed E-state index contributed by atoms with van der Waals surface area (Å²) in [5, 5.41) is 2.81. The molecule has 0 spiro atoms. The summed E-state index contributed by atoms with van der Waals surface area (Å²) in [7, 11) is -2.22. The Balaban J connectivity index is 2.40. The summed E-state index contributed by atoms with van der Waals surface area (Å²) < 4.78 is 32.4. The molecule has 1 atom stereocenters. The van der Waals surface area contributed by atoms with Gasteiger partial charge in [-0.3, -0.25) is 13.9 Å². The zero-order valence-corrected chi connectivity index (χ0v) is 22.6. The Labute approximate surface area is 210 Å². The lowest BCUT2D eigenvalue weighted by atomic mass is 10.1. The van der Waals surface area contributed by atoms with Gasteiger partial charge in [0.2, 0.25) is 21.8 Å². The molecular formula is C24H32BrN3O5S. The first-order valence-electron chi connectivity index (χ1n) is 10.9. The van der Waals surface area contributed by atoms with E-state index >= 15 is 0 Å². The van der Waals surface area contributed by atoms with Crippen LogP contribution in [0.1, 0.15) is 31.4 Å². The minimum Gasteiger partial charge on any atom is -0.497 e. The highest BCUT2D eigenvalue weighted by molar-refractivity contribution is 9.10. The minimum absolute atomic E-state index is 0.119. The van der Waals surface area contributed by atoms with Crippen LogP contribution in [-0.4, -0.2) is 57.6 Å². The normalized spacial score (nSPS) is 12.1. The van der Waals surface area contributed by atoms with Gasteiger partial charge < -0.3 is 15.0 Å². The van der Waals surface area contributed by atoms with Crippen LogP contribution in [-0.2, 0) is 26.2 Å². The van der Waals surface area contributed by atoms with Gasteiger partial charge in [-0.05, 0) is 61.7 Å². The summed E-state index contributed by atoms with van der Waals surface area (Å²) in [4.78, 5) is 27.6. The van der Waals surface area contributed by atoms with Crippen molar-refractivity contribution < 1.29 is 22.7 Å². The monoisotopic (exact) mass is 553 g/mol. The van der Waals surface area contributed by atoms with Crippen LogP contribution in [0.2, 0.25) is 0 Å². The molecule has 2 aromatic carbocycles. The summed E-state index contributed by atoms with van der Waals surface area (Å²) in [6.45, 7) is 5.58. The van der Waals surface area contributed by atoms with E-state index in [1.165, 1.54) is 4.90 Å². The molecule has 0 aliphatic carbocycles. The Hall–Kier alpha value is -2.59. The SMILES string of the molecule is CCCNC(=O)[C@H](C)N(Cc1cccc(OC)c1)C(=O)CN(c1ccc(Br)c(C)c1)S(C)(=O)=O. The molecule has 0 aliphatic heterocycles. The van der Waals surface area contributed by atoms with Crippen LogP contribution in [0.15, 0.2) is 46.9 Å². The summed E-state index contributed by atoms with van der Waals surface area (Å²) >= 11 is 3.41. The maximum atomic E-state index is 13.5. The number of rotatable bonds is 11. The summed E-state index contributed by atoms with van der Waals surface area (Å²) in [5.41, 5.74) is 1.97. The van der Waals surface area contributed by atoms with Crippen LogP contribution in [0.5, 0.6) is 5.75 Å². The quantitative estimate of drug-likeness (QED) is 0.459. The molecule has 0 saturated carbocycles. The number of methoxy groups -OCH3 is 1. The molecular weight excluding hydrogens is 522 g/mol. The predicted molar refractivity (Wildman–Crippen MR) is 137 cm³/mol. The molecule has 0 bridgehead atoms. The topological polar surface area (TPSA) is 96.0 Å². The lowest BCUT2D eigenvalue weighted by Gasteiger charge is -2.31. The van der Waals surface area contributed by atoms with Crippen LogP contribution < -0.4 is 14.4 Å². The maximum absolute atomic E-state index is 13.5. The molecule has 0 heterocycles. The number of carbonyl (C=O) groups is 2. The largest absolute Gasteiger partial charge is 0.497 e. The Morgan fingerprint density at radius 2 is 1.88 bits per heavy atom. The second-order valence-corrected chi connectivity index (χ2v) is 10.8. The number of amides is 2. The van der Waals surface area contributed by atoms with Crippen molar-refractivity contribution >= 4 is 43.5 Å². The molecule has 0 radical (unpaired) electrons. The van der Waals surface area contributed by atoms with Gasteiger partial charge in [0.05, 0.1) is 19.1 Å². The molecule has 0 fully saturated rings. The van der Waals surface area contributed by atoms with Crippen molar-refractivity contribution in [3.05, 3.63) is 58.1 Å². The highest BCUT2D eigenvalue weighted by Gasteiger charge is 2.30.